The standard InChI is InChI=1S/C43H38N5OSe.Pt/c1-42(2,3)29-11-9-12-31(23-29)46-28-47(36-16-8-7-15-35(36)46)32-13-10-14-33(25-32)49-34-17-18-39-37(26-34)48(38-27-44-21-20-40(38)50-39)41-24-30(19-22-45-41)43(4,5)6;/h7-24,27-28H,1-6H3;/q-3;. The summed E-state index contributed by atoms with van der Waals surface area (Å²) in [6.45, 7) is 15.5. The fraction of sp³-hybridized carbons (Fsp3) is 0.186. The van der Waals surface area contributed by atoms with Crippen molar-refractivity contribution < 1.29 is 25.8 Å². The van der Waals surface area contributed by atoms with Crippen LogP contribution in [0.25, 0.3) is 0 Å². The van der Waals surface area contributed by atoms with Gasteiger partial charge in [0.05, 0.1) is 0 Å². The van der Waals surface area contributed by atoms with Gasteiger partial charge < -0.3 is 0 Å². The summed E-state index contributed by atoms with van der Waals surface area (Å²) in [5, 5.41) is 0. The molecule has 2 aliphatic heterocycles. The van der Waals surface area contributed by atoms with E-state index in [4.69, 9.17) is 9.72 Å². The van der Waals surface area contributed by atoms with Gasteiger partial charge in [-0.3, -0.25) is 0 Å². The van der Waals surface area contributed by atoms with Crippen LogP contribution in [0.15, 0.2) is 116 Å². The predicted octanol–water partition coefficient (Wildman–Crippen LogP) is 9.31. The van der Waals surface area contributed by atoms with Gasteiger partial charge in [0.15, 0.2) is 0 Å². The third-order valence-corrected chi connectivity index (χ3v) is 11.3. The largest absolute Gasteiger partial charge is 0.0371 e. The zero-order valence-corrected chi connectivity index (χ0v) is 33.4. The Labute approximate surface area is 321 Å². The number of fused-ring (bicyclic) bond motifs is 3. The van der Waals surface area contributed by atoms with Crippen LogP contribution in [0.2, 0.25) is 0 Å². The average molecular weight is 915 g/mol. The fourth-order valence-electron chi connectivity index (χ4n) is 6.26. The molecule has 0 bridgehead atoms. The first-order valence-electron chi connectivity index (χ1n) is 16.8. The molecule has 2 aromatic heterocycles. The molecule has 260 valence electrons. The summed E-state index contributed by atoms with van der Waals surface area (Å²) in [6.07, 6.45) is 5.68. The Balaban J connectivity index is 0.00000406. The van der Waals surface area contributed by atoms with Crippen LogP contribution in [0.5, 0.6) is 11.5 Å². The number of rotatable bonds is 5. The molecule has 0 atom stereocenters. The number of para-hydroxylation sites is 2. The zero-order valence-electron chi connectivity index (χ0n) is 29.4. The van der Waals surface area contributed by atoms with Crippen molar-refractivity contribution in [3.05, 3.63) is 146 Å². The molecular weight excluding hydrogens is 877 g/mol. The Bertz CT molecular complexity index is 2230. The van der Waals surface area contributed by atoms with E-state index in [0.717, 1.165) is 39.9 Å². The number of hydrogen-bond acceptors (Lipinski definition) is 6. The smallest absolute Gasteiger partial charge is 0 e. The second-order valence-electron chi connectivity index (χ2n) is 14.6. The van der Waals surface area contributed by atoms with E-state index in [0.29, 0.717) is 11.5 Å². The normalized spacial score (nSPS) is 13.6. The van der Waals surface area contributed by atoms with Gasteiger partial charge >= 0.3 is 241 Å². The molecule has 8 heteroatoms. The summed E-state index contributed by atoms with van der Waals surface area (Å²) in [6, 6.07) is 40.9. The molecule has 4 aromatic carbocycles. The molecule has 0 spiro atoms. The summed E-state index contributed by atoms with van der Waals surface area (Å²) < 4.78 is 8.99. The molecular formula is C43H38N5OPtSe-3. The Morgan fingerprint density at radius 1 is 0.667 bits per heavy atom. The van der Waals surface area contributed by atoms with Gasteiger partial charge in [0.1, 0.15) is 0 Å². The van der Waals surface area contributed by atoms with Crippen LogP contribution in [-0.2, 0) is 31.9 Å². The molecule has 0 N–H and O–H groups in total. The summed E-state index contributed by atoms with van der Waals surface area (Å²) in [5.41, 5.74) is 8.70. The van der Waals surface area contributed by atoms with Crippen LogP contribution >= 0.6 is 0 Å². The molecule has 0 saturated heterocycles. The molecule has 0 unspecified atom stereocenters. The number of hydrogen-bond donors (Lipinski definition) is 0. The molecule has 0 amide bonds. The minimum Gasteiger partial charge on any atom is -0.0371 e. The predicted molar refractivity (Wildman–Crippen MR) is 205 cm³/mol. The van der Waals surface area contributed by atoms with Crippen molar-refractivity contribution >= 4 is 63.8 Å². The topological polar surface area (TPSA) is 44.7 Å². The van der Waals surface area contributed by atoms with Gasteiger partial charge in [-0.15, -0.1) is 0 Å². The SMILES string of the molecule is CC(C)(C)c1cccc(N2[CH-]N(c3[c-]c(Oc4[c-]c5c(cc4)[Se]c4ccncc4N5c4cc(C(C)(C)C)ccn4)ccc3)c3ccccc32)c1.[Pt]. The number of anilines is 7. The molecule has 0 aliphatic carbocycles. The Kier molecular flexibility index (Phi) is 9.35. The maximum absolute atomic E-state index is 6.53. The maximum atomic E-state index is 6.53. The van der Waals surface area contributed by atoms with Gasteiger partial charge in [-0.05, 0) is 23.1 Å². The number of aromatic nitrogens is 2. The molecule has 0 saturated carbocycles. The van der Waals surface area contributed by atoms with Gasteiger partial charge in [0.25, 0.3) is 0 Å². The molecule has 4 heterocycles. The Morgan fingerprint density at radius 3 is 2.18 bits per heavy atom. The van der Waals surface area contributed by atoms with E-state index in [1.165, 1.54) is 20.1 Å². The summed E-state index contributed by atoms with van der Waals surface area (Å²) in [4.78, 5) is 15.9. The van der Waals surface area contributed by atoms with Crippen LogP contribution in [0, 0.1) is 18.8 Å². The fourth-order valence-corrected chi connectivity index (χ4v) is 8.33. The first-order chi connectivity index (χ1) is 24.0. The first kappa shape index (κ1) is 35.0. The van der Waals surface area contributed by atoms with E-state index in [1.807, 2.05) is 36.8 Å². The van der Waals surface area contributed by atoms with Gasteiger partial charge in [-0.2, -0.15) is 0 Å². The second kappa shape index (κ2) is 13.6. The van der Waals surface area contributed by atoms with Gasteiger partial charge in [0.2, 0.25) is 0 Å². The average Bonchev–Trinajstić information content (AvgIpc) is 3.50. The van der Waals surface area contributed by atoms with Gasteiger partial charge in [-0.1, -0.05) is 39.0 Å². The van der Waals surface area contributed by atoms with Crippen LogP contribution in [0.1, 0.15) is 52.7 Å². The number of ether oxygens (including phenoxy) is 1. The van der Waals surface area contributed by atoms with Crippen molar-refractivity contribution in [1.29, 1.82) is 0 Å². The van der Waals surface area contributed by atoms with Crippen molar-refractivity contribution in [2.45, 2.75) is 52.4 Å². The van der Waals surface area contributed by atoms with Crippen molar-refractivity contribution in [2.24, 2.45) is 0 Å². The van der Waals surface area contributed by atoms with E-state index < -0.39 is 0 Å². The molecule has 2 aliphatic rings. The van der Waals surface area contributed by atoms with E-state index in [9.17, 15) is 0 Å². The van der Waals surface area contributed by atoms with Crippen molar-refractivity contribution in [2.75, 3.05) is 14.7 Å². The Morgan fingerprint density at radius 2 is 1.39 bits per heavy atom. The maximum Gasteiger partial charge on any atom is 0 e. The minimum atomic E-state index is -0.0195. The van der Waals surface area contributed by atoms with Crippen LogP contribution in [-0.4, -0.2) is 24.9 Å². The minimum absolute atomic E-state index is 0. The molecule has 8 rings (SSSR count). The monoisotopic (exact) mass is 915 g/mol. The third-order valence-electron chi connectivity index (χ3n) is 9.00. The first-order valence-corrected chi connectivity index (χ1v) is 18.5. The van der Waals surface area contributed by atoms with Crippen LogP contribution in [0.4, 0.5) is 39.9 Å². The van der Waals surface area contributed by atoms with E-state index >= 15 is 0 Å². The summed E-state index contributed by atoms with van der Waals surface area (Å²) >= 11 is 0.0874. The number of pyridine rings is 2. The summed E-state index contributed by atoms with van der Waals surface area (Å²) in [5.74, 6) is 2.07. The van der Waals surface area contributed by atoms with Crippen molar-refractivity contribution in [3.8, 4) is 11.5 Å². The molecule has 0 fully saturated rings. The van der Waals surface area contributed by atoms with Crippen LogP contribution in [0.3, 0.4) is 0 Å². The molecule has 51 heavy (non-hydrogen) atoms. The molecule has 6 nitrogen and oxygen atoms in total. The molecule has 0 radical (unpaired) electrons. The van der Waals surface area contributed by atoms with Crippen molar-refractivity contribution in [3.63, 3.8) is 0 Å². The van der Waals surface area contributed by atoms with Crippen LogP contribution < -0.4 is 28.4 Å². The zero-order chi connectivity index (χ0) is 34.6. The second-order valence-corrected chi connectivity index (χ2v) is 16.9. The third kappa shape index (κ3) is 6.83. The van der Waals surface area contributed by atoms with E-state index in [1.54, 1.807) is 0 Å². The Hall–Kier alpha value is -4.41. The van der Waals surface area contributed by atoms with Crippen molar-refractivity contribution in [1.82, 2.24) is 9.97 Å². The molecule has 6 aromatic rings. The van der Waals surface area contributed by atoms with E-state index in [-0.39, 0.29) is 46.9 Å². The van der Waals surface area contributed by atoms with E-state index in [2.05, 4.69) is 159 Å². The quantitative estimate of drug-likeness (QED) is 0.127. The number of nitrogens with zero attached hydrogens (tertiary/aromatic N) is 5. The number of benzene rings is 4. The van der Waals surface area contributed by atoms with Gasteiger partial charge in [-0.25, -0.2) is 0 Å². The summed E-state index contributed by atoms with van der Waals surface area (Å²) in [7, 11) is 0. The van der Waals surface area contributed by atoms with Gasteiger partial charge in [0, 0.05) is 21.1 Å².